The summed E-state index contributed by atoms with van der Waals surface area (Å²) >= 11 is 0. The van der Waals surface area contributed by atoms with Crippen molar-refractivity contribution in [3.63, 3.8) is 0 Å². The molecular formula is C28H33N3O. The van der Waals surface area contributed by atoms with Crippen molar-refractivity contribution in [1.29, 1.82) is 0 Å². The summed E-state index contributed by atoms with van der Waals surface area (Å²) in [5.74, 6) is 0.927. The van der Waals surface area contributed by atoms with E-state index in [0.717, 1.165) is 39.1 Å². The molecule has 0 unspecified atom stereocenters. The van der Waals surface area contributed by atoms with Crippen LogP contribution in [-0.4, -0.2) is 52.1 Å². The maximum Gasteiger partial charge on any atom is 0.115 e. The molecule has 2 aromatic carbocycles. The topological polar surface area (TPSA) is 39.6 Å². The van der Waals surface area contributed by atoms with Gasteiger partial charge in [-0.05, 0) is 64.3 Å². The highest BCUT2D eigenvalue weighted by molar-refractivity contribution is 5.66. The molecule has 0 saturated carbocycles. The molecule has 0 radical (unpaired) electrons. The molecule has 2 aliphatic rings. The fraction of sp³-hybridized carbons (Fsp3) is 0.393. The van der Waals surface area contributed by atoms with E-state index in [9.17, 15) is 5.11 Å². The Morgan fingerprint density at radius 1 is 1.00 bits per heavy atom. The molecule has 166 valence electrons. The summed E-state index contributed by atoms with van der Waals surface area (Å²) in [4.78, 5) is 9.50. The van der Waals surface area contributed by atoms with Gasteiger partial charge < -0.3 is 5.11 Å². The number of fused-ring (bicyclic) bond motifs is 1. The Kier molecular flexibility index (Phi) is 5.75. The summed E-state index contributed by atoms with van der Waals surface area (Å²) in [7, 11) is 0. The minimum Gasteiger partial charge on any atom is -0.508 e. The van der Waals surface area contributed by atoms with Crippen LogP contribution < -0.4 is 0 Å². The van der Waals surface area contributed by atoms with Gasteiger partial charge in [-0.15, -0.1) is 0 Å². The second-order valence-electron chi connectivity index (χ2n) is 9.85. The number of nitrogens with zero attached hydrogens (tertiary/aromatic N) is 3. The molecule has 2 fully saturated rings. The summed E-state index contributed by atoms with van der Waals surface area (Å²) in [5.41, 5.74) is 5.27. The minimum absolute atomic E-state index is 0.0812. The Labute approximate surface area is 191 Å². The number of rotatable bonds is 4. The van der Waals surface area contributed by atoms with E-state index in [1.807, 2.05) is 24.5 Å². The number of aromatic nitrogens is 1. The largest absolute Gasteiger partial charge is 0.508 e. The highest BCUT2D eigenvalue weighted by Crippen LogP contribution is 2.43. The van der Waals surface area contributed by atoms with Crippen molar-refractivity contribution in [3.8, 4) is 16.9 Å². The van der Waals surface area contributed by atoms with Crippen molar-refractivity contribution < 1.29 is 5.11 Å². The van der Waals surface area contributed by atoms with E-state index in [0.29, 0.717) is 17.7 Å². The molecule has 0 spiro atoms. The molecule has 0 bridgehead atoms. The molecular weight excluding hydrogens is 394 g/mol. The van der Waals surface area contributed by atoms with E-state index in [2.05, 4.69) is 71.1 Å². The number of pyridine rings is 1. The van der Waals surface area contributed by atoms with Crippen LogP contribution in [0.25, 0.3) is 11.1 Å². The Morgan fingerprint density at radius 2 is 1.81 bits per heavy atom. The zero-order chi connectivity index (χ0) is 22.1. The molecule has 3 aromatic rings. The minimum atomic E-state index is 0.0812. The lowest BCUT2D eigenvalue weighted by Gasteiger charge is -2.53. The molecule has 5 rings (SSSR count). The van der Waals surface area contributed by atoms with Gasteiger partial charge in [0.05, 0.1) is 0 Å². The van der Waals surface area contributed by atoms with Gasteiger partial charge in [0.25, 0.3) is 0 Å². The highest BCUT2D eigenvalue weighted by Gasteiger charge is 2.44. The first-order valence-corrected chi connectivity index (χ1v) is 11.8. The van der Waals surface area contributed by atoms with Gasteiger partial charge in [0.2, 0.25) is 0 Å². The van der Waals surface area contributed by atoms with Gasteiger partial charge in [0, 0.05) is 51.2 Å². The summed E-state index contributed by atoms with van der Waals surface area (Å²) in [5, 5.41) is 10.1. The molecule has 3 atom stereocenters. The Hall–Kier alpha value is -2.69. The van der Waals surface area contributed by atoms with Crippen molar-refractivity contribution in [2.24, 2.45) is 5.92 Å². The Morgan fingerprint density at radius 3 is 2.62 bits per heavy atom. The molecule has 1 N–H and O–H groups in total. The molecule has 4 nitrogen and oxygen atoms in total. The van der Waals surface area contributed by atoms with Gasteiger partial charge in [-0.3, -0.25) is 14.8 Å². The molecule has 2 aliphatic heterocycles. The zero-order valence-corrected chi connectivity index (χ0v) is 19.1. The monoisotopic (exact) mass is 427 g/mol. The number of aromatic hydroxyl groups is 1. The average molecular weight is 428 g/mol. The normalized spacial score (nSPS) is 26.6. The third-order valence-electron chi connectivity index (χ3n) is 7.85. The first-order chi connectivity index (χ1) is 15.5. The maximum absolute atomic E-state index is 10.1. The van der Waals surface area contributed by atoms with Crippen molar-refractivity contribution in [2.75, 3.05) is 26.2 Å². The number of piperazine rings is 1. The van der Waals surface area contributed by atoms with Gasteiger partial charge in [-0.2, -0.15) is 0 Å². The number of hydrogen-bond donors (Lipinski definition) is 1. The van der Waals surface area contributed by atoms with Gasteiger partial charge >= 0.3 is 0 Å². The molecule has 0 aliphatic carbocycles. The molecule has 2 saturated heterocycles. The quantitative estimate of drug-likeness (QED) is 0.640. The number of hydrogen-bond acceptors (Lipinski definition) is 4. The fourth-order valence-corrected chi connectivity index (χ4v) is 5.75. The third kappa shape index (κ3) is 4.05. The van der Waals surface area contributed by atoms with Crippen molar-refractivity contribution in [3.05, 3.63) is 84.2 Å². The highest BCUT2D eigenvalue weighted by atomic mass is 16.3. The van der Waals surface area contributed by atoms with Crippen LogP contribution in [0.3, 0.4) is 0 Å². The second-order valence-corrected chi connectivity index (χ2v) is 9.85. The van der Waals surface area contributed by atoms with E-state index >= 15 is 0 Å². The molecule has 0 amide bonds. The van der Waals surface area contributed by atoms with Crippen LogP contribution in [0, 0.1) is 5.92 Å². The van der Waals surface area contributed by atoms with Crippen LogP contribution in [0.5, 0.6) is 5.75 Å². The third-order valence-corrected chi connectivity index (χ3v) is 7.85. The summed E-state index contributed by atoms with van der Waals surface area (Å²) < 4.78 is 0. The van der Waals surface area contributed by atoms with Crippen LogP contribution in [0.2, 0.25) is 0 Å². The standard InChI is InChI=1S/C28H33N3O/c1-21-18-31-15-14-30(19-23-6-3-4-9-27(23)22-10-12-29-13-11-22)20-25(31)17-28(21,2)24-7-5-8-26(32)16-24/h3-13,16,21,25,32H,14-15,17-20H2,1-2H3/t21-,25+,28+/m0/s1. The first-order valence-electron chi connectivity index (χ1n) is 11.8. The lowest BCUT2D eigenvalue weighted by Crippen LogP contribution is -2.60. The van der Waals surface area contributed by atoms with E-state index < -0.39 is 0 Å². The van der Waals surface area contributed by atoms with Crippen LogP contribution in [0.1, 0.15) is 31.4 Å². The van der Waals surface area contributed by atoms with Gasteiger partial charge in [0.1, 0.15) is 5.75 Å². The lowest BCUT2D eigenvalue weighted by molar-refractivity contribution is -0.00553. The van der Waals surface area contributed by atoms with Crippen LogP contribution >= 0.6 is 0 Å². The molecule has 32 heavy (non-hydrogen) atoms. The SMILES string of the molecule is C[C@H]1CN2CCN(Cc3ccccc3-c3ccncc3)C[C@H]2C[C@@]1(C)c1cccc(O)c1. The summed E-state index contributed by atoms with van der Waals surface area (Å²) in [6, 6.07) is 21.4. The fourth-order valence-electron chi connectivity index (χ4n) is 5.75. The number of phenols is 1. The number of piperidine rings is 1. The predicted octanol–water partition coefficient (Wildman–Crippen LogP) is 4.94. The van der Waals surface area contributed by atoms with Crippen molar-refractivity contribution >= 4 is 0 Å². The van der Waals surface area contributed by atoms with E-state index in [4.69, 9.17) is 0 Å². The van der Waals surface area contributed by atoms with E-state index in [1.54, 1.807) is 6.07 Å². The van der Waals surface area contributed by atoms with Gasteiger partial charge in [0.15, 0.2) is 0 Å². The lowest BCUT2D eigenvalue weighted by atomic mass is 9.65. The number of benzene rings is 2. The molecule has 1 aromatic heterocycles. The van der Waals surface area contributed by atoms with Crippen LogP contribution in [-0.2, 0) is 12.0 Å². The van der Waals surface area contributed by atoms with Crippen LogP contribution in [0.15, 0.2) is 73.1 Å². The van der Waals surface area contributed by atoms with E-state index in [1.165, 1.54) is 22.3 Å². The summed E-state index contributed by atoms with van der Waals surface area (Å²) in [6.07, 6.45) is 4.87. The first kappa shape index (κ1) is 21.2. The van der Waals surface area contributed by atoms with Gasteiger partial charge in [-0.25, -0.2) is 0 Å². The number of phenolic OH excluding ortho intramolecular Hbond substituents is 1. The van der Waals surface area contributed by atoms with Crippen molar-refractivity contribution in [2.45, 2.75) is 38.3 Å². The van der Waals surface area contributed by atoms with Gasteiger partial charge in [-0.1, -0.05) is 50.2 Å². The molecule has 3 heterocycles. The maximum atomic E-state index is 10.1. The zero-order valence-electron chi connectivity index (χ0n) is 19.1. The Bertz CT molecular complexity index is 1070. The average Bonchev–Trinajstić information content (AvgIpc) is 2.81. The predicted molar refractivity (Wildman–Crippen MR) is 130 cm³/mol. The molecule has 4 heteroatoms. The van der Waals surface area contributed by atoms with Crippen molar-refractivity contribution in [1.82, 2.24) is 14.8 Å². The van der Waals surface area contributed by atoms with E-state index in [-0.39, 0.29) is 5.41 Å². The second kappa shape index (κ2) is 8.68. The Balaban J connectivity index is 1.35. The summed E-state index contributed by atoms with van der Waals surface area (Å²) in [6.45, 7) is 10.2. The smallest absolute Gasteiger partial charge is 0.115 e. The van der Waals surface area contributed by atoms with Crippen LogP contribution in [0.4, 0.5) is 0 Å².